The fraction of sp³-hybridized carbons (Fsp3) is 0.529. The lowest BCUT2D eigenvalue weighted by Crippen LogP contribution is -2.37. The highest BCUT2D eigenvalue weighted by atomic mass is 32.2. The van der Waals surface area contributed by atoms with Crippen LogP contribution in [0.2, 0.25) is 0 Å². The van der Waals surface area contributed by atoms with Crippen LogP contribution in [0.4, 0.5) is 0 Å². The molecule has 0 bridgehead atoms. The van der Waals surface area contributed by atoms with Gasteiger partial charge in [-0.05, 0) is 38.0 Å². The molecular weight excluding hydrogens is 374 g/mol. The number of sulfonamides is 1. The SMILES string of the molecule is C[C@H](Sc1nc2cc(S(=O)(=O)N(C)C)ccc2o1)C(=O)NC1CCCC1. The Kier molecular flexibility index (Phi) is 5.59. The standard InChI is InChI=1S/C17H23N3O4S2/c1-11(16(21)18-12-6-4-5-7-12)25-17-19-14-10-13(8-9-15(14)24-17)26(22,23)20(2)3/h8-12H,4-7H2,1-3H3,(H,18,21)/t11-/m0/s1. The van der Waals surface area contributed by atoms with E-state index in [1.807, 2.05) is 6.92 Å². The van der Waals surface area contributed by atoms with E-state index in [9.17, 15) is 13.2 Å². The number of rotatable bonds is 6. The van der Waals surface area contributed by atoms with Crippen LogP contribution in [0.25, 0.3) is 11.1 Å². The summed E-state index contributed by atoms with van der Waals surface area (Å²) in [5.41, 5.74) is 0.951. The number of carbonyl (C=O) groups excluding carboxylic acids is 1. The molecule has 1 aromatic heterocycles. The minimum Gasteiger partial charge on any atom is -0.431 e. The van der Waals surface area contributed by atoms with Crippen molar-refractivity contribution in [3.63, 3.8) is 0 Å². The smallest absolute Gasteiger partial charge is 0.257 e. The summed E-state index contributed by atoms with van der Waals surface area (Å²) >= 11 is 1.23. The Morgan fingerprint density at radius 3 is 2.69 bits per heavy atom. The van der Waals surface area contributed by atoms with Gasteiger partial charge in [-0.3, -0.25) is 4.79 Å². The fourth-order valence-corrected chi connectivity index (χ4v) is 4.59. The Labute approximate surface area is 157 Å². The van der Waals surface area contributed by atoms with Crippen molar-refractivity contribution in [3.05, 3.63) is 18.2 Å². The quantitative estimate of drug-likeness (QED) is 0.753. The zero-order chi connectivity index (χ0) is 18.9. The van der Waals surface area contributed by atoms with Crippen molar-refractivity contribution in [3.8, 4) is 0 Å². The molecule has 1 N–H and O–H groups in total. The molecule has 142 valence electrons. The van der Waals surface area contributed by atoms with Gasteiger partial charge >= 0.3 is 0 Å². The Bertz CT molecular complexity index is 902. The monoisotopic (exact) mass is 397 g/mol. The Morgan fingerprint density at radius 1 is 1.35 bits per heavy atom. The van der Waals surface area contributed by atoms with Crippen molar-refractivity contribution in [2.75, 3.05) is 14.1 Å². The molecule has 3 rings (SSSR count). The summed E-state index contributed by atoms with van der Waals surface area (Å²) in [5, 5.41) is 3.08. The average molecular weight is 398 g/mol. The average Bonchev–Trinajstić information content (AvgIpc) is 3.22. The highest BCUT2D eigenvalue weighted by Crippen LogP contribution is 2.29. The molecule has 2 aromatic rings. The number of amides is 1. The predicted molar refractivity (Wildman–Crippen MR) is 101 cm³/mol. The largest absolute Gasteiger partial charge is 0.431 e. The number of thioether (sulfide) groups is 1. The number of nitrogens with one attached hydrogen (secondary N) is 1. The highest BCUT2D eigenvalue weighted by molar-refractivity contribution is 8.00. The number of oxazole rings is 1. The molecule has 0 spiro atoms. The number of aromatic nitrogens is 1. The van der Waals surface area contributed by atoms with Crippen LogP contribution in [-0.2, 0) is 14.8 Å². The number of nitrogens with zero attached hydrogens (tertiary/aromatic N) is 2. The van der Waals surface area contributed by atoms with Crippen LogP contribution in [0.5, 0.6) is 0 Å². The van der Waals surface area contributed by atoms with Gasteiger partial charge in [-0.1, -0.05) is 24.6 Å². The van der Waals surface area contributed by atoms with Crippen molar-refractivity contribution < 1.29 is 17.6 Å². The first-order valence-corrected chi connectivity index (χ1v) is 10.9. The van der Waals surface area contributed by atoms with Gasteiger partial charge in [-0.15, -0.1) is 0 Å². The zero-order valence-corrected chi connectivity index (χ0v) is 16.7. The van der Waals surface area contributed by atoms with Crippen molar-refractivity contribution >= 4 is 38.8 Å². The Morgan fingerprint density at radius 2 is 2.04 bits per heavy atom. The molecule has 1 heterocycles. The molecule has 0 unspecified atom stereocenters. The lowest BCUT2D eigenvalue weighted by molar-refractivity contribution is -0.120. The number of hydrogen-bond acceptors (Lipinski definition) is 6. The van der Waals surface area contributed by atoms with Crippen LogP contribution in [0.3, 0.4) is 0 Å². The minimum atomic E-state index is -3.53. The number of benzene rings is 1. The van der Waals surface area contributed by atoms with E-state index >= 15 is 0 Å². The number of fused-ring (bicyclic) bond motifs is 1. The second-order valence-electron chi connectivity index (χ2n) is 6.65. The molecule has 1 saturated carbocycles. The third-order valence-corrected chi connectivity index (χ3v) is 7.22. The van der Waals surface area contributed by atoms with Gasteiger partial charge in [0.1, 0.15) is 5.52 Å². The molecule has 1 amide bonds. The van der Waals surface area contributed by atoms with E-state index in [0.29, 0.717) is 16.3 Å². The lowest BCUT2D eigenvalue weighted by Gasteiger charge is -2.15. The van der Waals surface area contributed by atoms with Gasteiger partial charge in [0.2, 0.25) is 15.9 Å². The van der Waals surface area contributed by atoms with Gasteiger partial charge in [-0.25, -0.2) is 17.7 Å². The Hall–Kier alpha value is -1.58. The maximum Gasteiger partial charge on any atom is 0.257 e. The van der Waals surface area contributed by atoms with Gasteiger partial charge in [0.05, 0.1) is 10.1 Å². The first-order valence-electron chi connectivity index (χ1n) is 8.57. The Balaban J connectivity index is 1.73. The summed E-state index contributed by atoms with van der Waals surface area (Å²) < 4.78 is 31.2. The summed E-state index contributed by atoms with van der Waals surface area (Å²) in [6.45, 7) is 1.81. The third-order valence-electron chi connectivity index (χ3n) is 4.47. The topological polar surface area (TPSA) is 92.5 Å². The van der Waals surface area contributed by atoms with Crippen LogP contribution in [0, 0.1) is 0 Å². The van der Waals surface area contributed by atoms with Crippen LogP contribution < -0.4 is 5.32 Å². The van der Waals surface area contributed by atoms with Crippen molar-refractivity contribution in [2.45, 2.75) is 54.0 Å². The molecule has 9 heteroatoms. The van der Waals surface area contributed by atoms with E-state index in [0.717, 1.165) is 30.0 Å². The van der Waals surface area contributed by atoms with Crippen molar-refractivity contribution in [1.29, 1.82) is 0 Å². The third kappa shape index (κ3) is 4.05. The van der Waals surface area contributed by atoms with Gasteiger partial charge in [-0.2, -0.15) is 0 Å². The molecular formula is C17H23N3O4S2. The van der Waals surface area contributed by atoms with Crippen LogP contribution >= 0.6 is 11.8 Å². The molecule has 1 atom stereocenters. The van der Waals surface area contributed by atoms with Crippen molar-refractivity contribution in [1.82, 2.24) is 14.6 Å². The van der Waals surface area contributed by atoms with Gasteiger partial charge in [0, 0.05) is 20.1 Å². The van der Waals surface area contributed by atoms with E-state index in [-0.39, 0.29) is 22.1 Å². The van der Waals surface area contributed by atoms with E-state index in [1.165, 1.54) is 38.0 Å². The van der Waals surface area contributed by atoms with Crippen molar-refractivity contribution in [2.24, 2.45) is 0 Å². The van der Waals surface area contributed by atoms with Gasteiger partial charge < -0.3 is 9.73 Å². The molecule has 26 heavy (non-hydrogen) atoms. The zero-order valence-electron chi connectivity index (χ0n) is 15.1. The molecule has 0 aliphatic heterocycles. The summed E-state index contributed by atoms with van der Waals surface area (Å²) in [7, 11) is -0.567. The summed E-state index contributed by atoms with van der Waals surface area (Å²) in [6, 6.07) is 4.84. The maximum atomic E-state index is 12.3. The first-order chi connectivity index (χ1) is 12.3. The minimum absolute atomic E-state index is 0.0277. The lowest BCUT2D eigenvalue weighted by atomic mass is 10.2. The van der Waals surface area contributed by atoms with Crippen LogP contribution in [-0.4, -0.2) is 49.0 Å². The van der Waals surface area contributed by atoms with Gasteiger partial charge in [0.25, 0.3) is 5.22 Å². The van der Waals surface area contributed by atoms with E-state index in [1.54, 1.807) is 6.07 Å². The molecule has 1 fully saturated rings. The molecule has 1 aliphatic carbocycles. The van der Waals surface area contributed by atoms with E-state index in [2.05, 4.69) is 10.3 Å². The molecule has 1 aliphatic rings. The summed E-state index contributed by atoms with van der Waals surface area (Å²) in [4.78, 5) is 16.8. The first kappa shape index (κ1) is 19.2. The van der Waals surface area contributed by atoms with E-state index < -0.39 is 10.0 Å². The highest BCUT2D eigenvalue weighted by Gasteiger charge is 2.23. The van der Waals surface area contributed by atoms with Crippen LogP contribution in [0.1, 0.15) is 32.6 Å². The maximum absolute atomic E-state index is 12.3. The summed E-state index contributed by atoms with van der Waals surface area (Å²) in [6.07, 6.45) is 4.40. The molecule has 0 radical (unpaired) electrons. The second-order valence-corrected chi connectivity index (χ2v) is 10.1. The molecule has 1 aromatic carbocycles. The molecule has 0 saturated heterocycles. The number of carbonyl (C=O) groups is 1. The normalized spacial score (nSPS) is 17.1. The predicted octanol–water partition coefficient (Wildman–Crippen LogP) is 2.62. The molecule has 7 nitrogen and oxygen atoms in total. The summed E-state index contributed by atoms with van der Waals surface area (Å²) in [5.74, 6) is -0.0277. The van der Waals surface area contributed by atoms with Crippen LogP contribution in [0.15, 0.2) is 32.7 Å². The second kappa shape index (κ2) is 7.58. The van der Waals surface area contributed by atoms with Gasteiger partial charge in [0.15, 0.2) is 5.58 Å². The van der Waals surface area contributed by atoms with E-state index in [4.69, 9.17) is 4.42 Å². The number of hydrogen-bond donors (Lipinski definition) is 1. The fourth-order valence-electron chi connectivity index (χ4n) is 2.90.